The zero-order valence-electron chi connectivity index (χ0n) is 13.0. The van der Waals surface area contributed by atoms with Gasteiger partial charge in [0.05, 0.1) is 19.9 Å². The van der Waals surface area contributed by atoms with Crippen LogP contribution in [-0.4, -0.2) is 17.1 Å². The molecule has 0 spiro atoms. The van der Waals surface area contributed by atoms with Crippen molar-refractivity contribution in [1.82, 2.24) is 9.97 Å². The molecule has 118 valence electrons. The van der Waals surface area contributed by atoms with Crippen molar-refractivity contribution in [2.24, 2.45) is 0 Å². The summed E-state index contributed by atoms with van der Waals surface area (Å²) in [5, 5.41) is 6.41. The summed E-state index contributed by atoms with van der Waals surface area (Å²) in [6.07, 6.45) is 1.65. The van der Waals surface area contributed by atoms with Crippen LogP contribution >= 0.6 is 0 Å². The second kappa shape index (κ2) is 6.83. The fourth-order valence-electron chi connectivity index (χ4n) is 2.14. The van der Waals surface area contributed by atoms with Crippen LogP contribution in [0.1, 0.15) is 11.5 Å². The number of aryl methyl sites for hydroxylation is 1. The molecule has 0 saturated heterocycles. The van der Waals surface area contributed by atoms with Crippen LogP contribution in [0.5, 0.6) is 5.75 Å². The number of methoxy groups -OCH3 is 1. The number of furan rings is 1. The molecule has 0 fully saturated rings. The number of hydrogen-bond donors (Lipinski definition) is 2. The third-order valence-electron chi connectivity index (χ3n) is 3.20. The third-order valence-corrected chi connectivity index (χ3v) is 3.20. The van der Waals surface area contributed by atoms with Crippen molar-refractivity contribution in [1.29, 1.82) is 0 Å². The average molecular weight is 310 g/mol. The lowest BCUT2D eigenvalue weighted by Gasteiger charge is -2.10. The van der Waals surface area contributed by atoms with Gasteiger partial charge in [0.15, 0.2) is 0 Å². The van der Waals surface area contributed by atoms with Crippen LogP contribution in [0.15, 0.2) is 53.1 Å². The van der Waals surface area contributed by atoms with E-state index in [-0.39, 0.29) is 0 Å². The zero-order valence-corrected chi connectivity index (χ0v) is 13.0. The van der Waals surface area contributed by atoms with Crippen molar-refractivity contribution < 1.29 is 9.15 Å². The normalized spacial score (nSPS) is 10.3. The Balaban J connectivity index is 1.74. The Labute approximate surface area is 134 Å². The molecular formula is C17H18N4O2. The fourth-order valence-corrected chi connectivity index (χ4v) is 2.14. The molecule has 2 N–H and O–H groups in total. The van der Waals surface area contributed by atoms with Gasteiger partial charge in [-0.15, -0.1) is 0 Å². The maximum absolute atomic E-state index is 5.30. The van der Waals surface area contributed by atoms with Gasteiger partial charge in [0.25, 0.3) is 0 Å². The van der Waals surface area contributed by atoms with Crippen molar-refractivity contribution in [2.75, 3.05) is 17.7 Å². The molecule has 0 aliphatic carbocycles. The summed E-state index contributed by atoms with van der Waals surface area (Å²) in [5.41, 5.74) is 1.74. The molecule has 0 amide bonds. The van der Waals surface area contributed by atoms with Gasteiger partial charge in [0.2, 0.25) is 5.95 Å². The first-order valence-electron chi connectivity index (χ1n) is 7.26. The number of benzene rings is 1. The van der Waals surface area contributed by atoms with Crippen molar-refractivity contribution >= 4 is 17.5 Å². The Bertz CT molecular complexity index is 772. The summed E-state index contributed by atoms with van der Waals surface area (Å²) < 4.78 is 10.5. The Morgan fingerprint density at radius 1 is 1.13 bits per heavy atom. The van der Waals surface area contributed by atoms with Crippen molar-refractivity contribution in [2.45, 2.75) is 13.5 Å². The van der Waals surface area contributed by atoms with Crippen molar-refractivity contribution in [3.63, 3.8) is 0 Å². The van der Waals surface area contributed by atoms with Gasteiger partial charge in [-0.2, -0.15) is 4.98 Å². The van der Waals surface area contributed by atoms with Crippen LogP contribution in [0.4, 0.5) is 17.5 Å². The molecule has 3 aromatic rings. The Morgan fingerprint density at radius 2 is 2.04 bits per heavy atom. The summed E-state index contributed by atoms with van der Waals surface area (Å²) in [5.74, 6) is 2.89. The van der Waals surface area contributed by atoms with Crippen LogP contribution in [0.3, 0.4) is 0 Å². The van der Waals surface area contributed by atoms with Gasteiger partial charge in [0.1, 0.15) is 17.3 Å². The molecule has 2 aromatic heterocycles. The van der Waals surface area contributed by atoms with E-state index in [1.54, 1.807) is 13.4 Å². The molecule has 6 nitrogen and oxygen atoms in total. The van der Waals surface area contributed by atoms with Crippen LogP contribution in [0, 0.1) is 6.92 Å². The molecule has 0 radical (unpaired) electrons. The lowest BCUT2D eigenvalue weighted by Crippen LogP contribution is -2.05. The standard InChI is InChI=1S/C17H18N4O2/c1-12-9-16(18-11-15-7-4-8-23-15)21-17(19-12)20-13-5-3-6-14(10-13)22-2/h3-10H,11H2,1-2H3,(H2,18,19,20,21). The van der Waals surface area contributed by atoms with E-state index in [2.05, 4.69) is 20.6 Å². The van der Waals surface area contributed by atoms with E-state index in [4.69, 9.17) is 9.15 Å². The largest absolute Gasteiger partial charge is 0.497 e. The SMILES string of the molecule is COc1cccc(Nc2nc(C)cc(NCc3ccco3)n2)c1. The summed E-state index contributed by atoms with van der Waals surface area (Å²) >= 11 is 0. The van der Waals surface area contributed by atoms with Gasteiger partial charge < -0.3 is 19.8 Å². The molecule has 1 aromatic carbocycles. The van der Waals surface area contributed by atoms with E-state index in [0.29, 0.717) is 12.5 Å². The van der Waals surface area contributed by atoms with Gasteiger partial charge >= 0.3 is 0 Å². The Kier molecular flexibility index (Phi) is 4.42. The molecule has 23 heavy (non-hydrogen) atoms. The predicted octanol–water partition coefficient (Wildman–Crippen LogP) is 3.74. The van der Waals surface area contributed by atoms with E-state index >= 15 is 0 Å². The summed E-state index contributed by atoms with van der Waals surface area (Å²) in [6, 6.07) is 13.3. The monoisotopic (exact) mass is 310 g/mol. The smallest absolute Gasteiger partial charge is 0.229 e. The maximum Gasteiger partial charge on any atom is 0.229 e. The minimum Gasteiger partial charge on any atom is -0.497 e. The number of anilines is 3. The number of nitrogens with one attached hydrogen (secondary N) is 2. The predicted molar refractivity (Wildman–Crippen MR) is 89.1 cm³/mol. The summed E-state index contributed by atoms with van der Waals surface area (Å²) in [7, 11) is 1.64. The second-order valence-corrected chi connectivity index (χ2v) is 5.01. The molecule has 2 heterocycles. The van der Waals surface area contributed by atoms with Crippen LogP contribution in [0.25, 0.3) is 0 Å². The van der Waals surface area contributed by atoms with Gasteiger partial charge in [-0.05, 0) is 31.2 Å². The van der Waals surface area contributed by atoms with Gasteiger partial charge in [0, 0.05) is 23.5 Å². The van der Waals surface area contributed by atoms with E-state index < -0.39 is 0 Å². The Hall–Kier alpha value is -3.02. The second-order valence-electron chi connectivity index (χ2n) is 5.01. The number of aromatic nitrogens is 2. The van der Waals surface area contributed by atoms with E-state index in [1.165, 1.54) is 0 Å². The quantitative estimate of drug-likeness (QED) is 0.722. The van der Waals surface area contributed by atoms with Gasteiger partial charge in [-0.3, -0.25) is 0 Å². The molecule has 0 atom stereocenters. The highest BCUT2D eigenvalue weighted by molar-refractivity contribution is 5.57. The van der Waals surface area contributed by atoms with Crippen molar-refractivity contribution in [3.05, 3.63) is 60.2 Å². The van der Waals surface area contributed by atoms with Crippen LogP contribution < -0.4 is 15.4 Å². The average Bonchev–Trinajstić information content (AvgIpc) is 3.06. The number of nitrogens with zero attached hydrogens (tertiary/aromatic N) is 2. The zero-order chi connectivity index (χ0) is 16.1. The highest BCUT2D eigenvalue weighted by Gasteiger charge is 2.04. The molecule has 0 aliphatic rings. The molecule has 6 heteroatoms. The maximum atomic E-state index is 5.30. The minimum absolute atomic E-state index is 0.528. The molecule has 0 aliphatic heterocycles. The fraction of sp³-hybridized carbons (Fsp3) is 0.176. The lowest BCUT2D eigenvalue weighted by molar-refractivity contribution is 0.415. The van der Waals surface area contributed by atoms with Gasteiger partial charge in [-0.1, -0.05) is 6.07 Å². The third kappa shape index (κ3) is 4.00. The van der Waals surface area contributed by atoms with Gasteiger partial charge in [-0.25, -0.2) is 4.98 Å². The summed E-state index contributed by atoms with van der Waals surface area (Å²) in [4.78, 5) is 8.87. The molecule has 3 rings (SSSR count). The number of rotatable bonds is 6. The topological polar surface area (TPSA) is 72.2 Å². The number of hydrogen-bond acceptors (Lipinski definition) is 6. The number of ether oxygens (including phenoxy) is 1. The van der Waals surface area contributed by atoms with E-state index in [0.717, 1.165) is 28.7 Å². The minimum atomic E-state index is 0.528. The van der Waals surface area contributed by atoms with Crippen molar-refractivity contribution in [3.8, 4) is 5.75 Å². The molecule has 0 unspecified atom stereocenters. The first kappa shape index (κ1) is 14.9. The lowest BCUT2D eigenvalue weighted by atomic mass is 10.3. The first-order chi connectivity index (χ1) is 11.2. The van der Waals surface area contributed by atoms with E-state index in [9.17, 15) is 0 Å². The Morgan fingerprint density at radius 3 is 2.83 bits per heavy atom. The summed E-state index contributed by atoms with van der Waals surface area (Å²) in [6.45, 7) is 2.50. The first-order valence-corrected chi connectivity index (χ1v) is 7.26. The highest BCUT2D eigenvalue weighted by atomic mass is 16.5. The van der Waals surface area contributed by atoms with Crippen LogP contribution in [0.2, 0.25) is 0 Å². The molecular weight excluding hydrogens is 292 g/mol. The molecule has 0 saturated carbocycles. The van der Waals surface area contributed by atoms with E-state index in [1.807, 2.05) is 49.4 Å². The van der Waals surface area contributed by atoms with Crippen LogP contribution in [-0.2, 0) is 6.54 Å². The molecule has 0 bridgehead atoms. The highest BCUT2D eigenvalue weighted by Crippen LogP contribution is 2.20.